The van der Waals surface area contributed by atoms with E-state index in [1.165, 1.54) is 12.7 Å². The van der Waals surface area contributed by atoms with Crippen molar-refractivity contribution in [2.24, 2.45) is 25.9 Å². The Balaban J connectivity index is 1.67. The van der Waals surface area contributed by atoms with Gasteiger partial charge in [-0.05, 0) is 37.9 Å². The van der Waals surface area contributed by atoms with Crippen molar-refractivity contribution in [1.29, 1.82) is 0 Å². The number of carbonyl (C=O) groups is 2. The van der Waals surface area contributed by atoms with E-state index in [9.17, 15) is 9.59 Å². The first-order valence-electron chi connectivity index (χ1n) is 9.29. The predicted molar refractivity (Wildman–Crippen MR) is 110 cm³/mol. The maximum atomic E-state index is 12.2. The van der Waals surface area contributed by atoms with Gasteiger partial charge in [-0.3, -0.25) is 9.79 Å². The molecule has 8 nitrogen and oxygen atoms in total. The number of nitrogens with one attached hydrogen (secondary N) is 1. The van der Waals surface area contributed by atoms with Gasteiger partial charge in [0, 0.05) is 6.42 Å². The van der Waals surface area contributed by atoms with Crippen molar-refractivity contribution in [3.8, 4) is 0 Å². The standard InChI is InChI=1S/C18H27N5O3S/c1-4-26-18(25)13(9-12(2)3)23-14(24)7-5-6-8-27-17-15-16(20-10-19-15)21-11-22-17/h10-13,15H,4-9H2,1-3H3,(H,23,24). The van der Waals surface area contributed by atoms with Gasteiger partial charge in [-0.1, -0.05) is 13.8 Å². The van der Waals surface area contributed by atoms with E-state index in [2.05, 4.69) is 25.3 Å². The number of unbranched alkanes of at least 4 members (excludes halogenated alkanes) is 1. The van der Waals surface area contributed by atoms with Gasteiger partial charge in [0.1, 0.15) is 23.8 Å². The molecule has 1 amide bonds. The van der Waals surface area contributed by atoms with Crippen molar-refractivity contribution in [3.63, 3.8) is 0 Å². The lowest BCUT2D eigenvalue weighted by molar-refractivity contribution is -0.147. The van der Waals surface area contributed by atoms with Crippen LogP contribution < -0.4 is 5.32 Å². The highest BCUT2D eigenvalue weighted by Crippen LogP contribution is 2.19. The molecule has 2 unspecified atom stereocenters. The van der Waals surface area contributed by atoms with E-state index < -0.39 is 6.04 Å². The van der Waals surface area contributed by atoms with E-state index in [0.29, 0.717) is 31.2 Å². The summed E-state index contributed by atoms with van der Waals surface area (Å²) in [7, 11) is 0. The van der Waals surface area contributed by atoms with Crippen molar-refractivity contribution in [2.45, 2.75) is 58.5 Å². The Morgan fingerprint density at radius 1 is 1.26 bits per heavy atom. The van der Waals surface area contributed by atoms with Gasteiger partial charge in [0.15, 0.2) is 11.9 Å². The Hall–Kier alpha value is -2.03. The van der Waals surface area contributed by atoms with Crippen LogP contribution >= 0.6 is 11.8 Å². The fourth-order valence-corrected chi connectivity index (χ4v) is 3.67. The number of aliphatic imine (C=N–C) groups is 4. The Kier molecular flexibility index (Phi) is 8.63. The smallest absolute Gasteiger partial charge is 0.328 e. The highest BCUT2D eigenvalue weighted by Gasteiger charge is 2.26. The molecule has 2 aliphatic rings. The van der Waals surface area contributed by atoms with Crippen LogP contribution in [-0.4, -0.2) is 59.9 Å². The van der Waals surface area contributed by atoms with E-state index in [1.807, 2.05) is 13.8 Å². The summed E-state index contributed by atoms with van der Waals surface area (Å²) >= 11 is 1.62. The van der Waals surface area contributed by atoms with Crippen molar-refractivity contribution >= 4 is 47.2 Å². The van der Waals surface area contributed by atoms with Crippen LogP contribution in [0.3, 0.4) is 0 Å². The number of rotatable bonds is 10. The summed E-state index contributed by atoms with van der Waals surface area (Å²) in [5.41, 5.74) is 0. The minimum atomic E-state index is -0.569. The van der Waals surface area contributed by atoms with Gasteiger partial charge in [-0.15, -0.1) is 11.8 Å². The maximum Gasteiger partial charge on any atom is 0.328 e. The van der Waals surface area contributed by atoms with E-state index >= 15 is 0 Å². The summed E-state index contributed by atoms with van der Waals surface area (Å²) in [6, 6.07) is -0.731. The lowest BCUT2D eigenvalue weighted by Crippen LogP contribution is -2.42. The molecule has 148 valence electrons. The van der Waals surface area contributed by atoms with Gasteiger partial charge in [-0.25, -0.2) is 19.8 Å². The quantitative estimate of drug-likeness (QED) is 0.454. The number of hydrogen-bond acceptors (Lipinski definition) is 8. The number of esters is 1. The Morgan fingerprint density at radius 2 is 2.07 bits per heavy atom. The van der Waals surface area contributed by atoms with Gasteiger partial charge in [-0.2, -0.15) is 0 Å². The molecule has 0 spiro atoms. The maximum absolute atomic E-state index is 12.2. The molecule has 0 radical (unpaired) electrons. The highest BCUT2D eigenvalue weighted by molar-refractivity contribution is 8.14. The van der Waals surface area contributed by atoms with Crippen molar-refractivity contribution in [1.82, 2.24) is 5.32 Å². The molecule has 0 saturated heterocycles. The van der Waals surface area contributed by atoms with Gasteiger partial charge in [0.25, 0.3) is 0 Å². The fourth-order valence-electron chi connectivity index (χ4n) is 2.67. The number of amides is 1. The summed E-state index contributed by atoms with van der Waals surface area (Å²) in [5, 5.41) is 3.70. The summed E-state index contributed by atoms with van der Waals surface area (Å²) < 4.78 is 5.05. The van der Waals surface area contributed by atoms with Gasteiger partial charge in [0.2, 0.25) is 5.91 Å². The van der Waals surface area contributed by atoms with Crippen molar-refractivity contribution in [3.05, 3.63) is 0 Å². The monoisotopic (exact) mass is 393 g/mol. The number of hydrogen-bond donors (Lipinski definition) is 1. The first-order valence-corrected chi connectivity index (χ1v) is 10.3. The molecule has 2 atom stereocenters. The zero-order valence-corrected chi connectivity index (χ0v) is 16.9. The fraction of sp³-hybridized carbons (Fsp3) is 0.667. The summed E-state index contributed by atoms with van der Waals surface area (Å²) in [6.07, 6.45) is 5.59. The topological polar surface area (TPSA) is 105 Å². The molecule has 0 aromatic carbocycles. The normalized spacial score (nSPS) is 18.7. The zero-order chi connectivity index (χ0) is 19.6. The molecule has 0 aliphatic carbocycles. The van der Waals surface area contributed by atoms with Crippen molar-refractivity contribution in [2.75, 3.05) is 12.4 Å². The lowest BCUT2D eigenvalue weighted by atomic mass is 10.0. The molecule has 0 saturated carbocycles. The first kappa shape index (κ1) is 21.3. The molecular weight excluding hydrogens is 366 g/mol. The number of ether oxygens (including phenoxy) is 1. The Morgan fingerprint density at radius 3 is 2.81 bits per heavy atom. The van der Waals surface area contributed by atoms with E-state index in [4.69, 9.17) is 4.74 Å². The Labute approximate surface area is 164 Å². The molecule has 2 aliphatic heterocycles. The lowest BCUT2D eigenvalue weighted by Gasteiger charge is -2.19. The van der Waals surface area contributed by atoms with Crippen LogP contribution in [0.15, 0.2) is 20.0 Å². The van der Waals surface area contributed by atoms with E-state index in [1.54, 1.807) is 18.7 Å². The molecule has 0 bridgehead atoms. The van der Waals surface area contributed by atoms with Crippen LogP contribution in [0, 0.1) is 5.92 Å². The molecular formula is C18H27N5O3S. The number of fused-ring (bicyclic) bond motifs is 1. The SMILES string of the molecule is CCOC(=O)C(CC(C)C)NC(=O)CCCCSC1=NC=NC2=NC=NC21. The zero-order valence-electron chi connectivity index (χ0n) is 16.1. The third kappa shape index (κ3) is 6.89. The summed E-state index contributed by atoms with van der Waals surface area (Å²) in [5.74, 6) is 1.34. The van der Waals surface area contributed by atoms with Crippen LogP contribution in [0.2, 0.25) is 0 Å². The molecule has 0 aromatic rings. The van der Waals surface area contributed by atoms with E-state index in [-0.39, 0.29) is 17.9 Å². The second kappa shape index (κ2) is 11.0. The first-order chi connectivity index (χ1) is 13.0. The largest absolute Gasteiger partial charge is 0.464 e. The molecule has 0 aromatic heterocycles. The predicted octanol–water partition coefficient (Wildman–Crippen LogP) is 2.23. The van der Waals surface area contributed by atoms with E-state index in [0.717, 1.165) is 23.6 Å². The van der Waals surface area contributed by atoms with Gasteiger partial charge in [0.05, 0.1) is 6.61 Å². The van der Waals surface area contributed by atoms with Crippen LogP contribution in [0.4, 0.5) is 0 Å². The molecule has 0 fully saturated rings. The minimum absolute atomic E-state index is 0.115. The van der Waals surface area contributed by atoms with Crippen molar-refractivity contribution < 1.29 is 14.3 Å². The molecule has 1 N–H and O–H groups in total. The average Bonchev–Trinajstić information content (AvgIpc) is 3.10. The van der Waals surface area contributed by atoms with Gasteiger partial charge >= 0.3 is 5.97 Å². The summed E-state index contributed by atoms with van der Waals surface area (Å²) in [6.45, 7) is 6.10. The molecule has 2 heterocycles. The van der Waals surface area contributed by atoms with Crippen LogP contribution in [0.25, 0.3) is 0 Å². The summed E-state index contributed by atoms with van der Waals surface area (Å²) in [4.78, 5) is 40.8. The Bertz CT molecular complexity index is 657. The molecule has 2 rings (SSSR count). The number of nitrogens with zero attached hydrogens (tertiary/aromatic N) is 4. The highest BCUT2D eigenvalue weighted by atomic mass is 32.2. The van der Waals surface area contributed by atoms with Crippen LogP contribution in [0.1, 0.15) is 46.5 Å². The number of thioether (sulfide) groups is 1. The number of amidine groups is 1. The van der Waals surface area contributed by atoms with Crippen LogP contribution in [-0.2, 0) is 14.3 Å². The third-order valence-corrected chi connectivity index (χ3v) is 5.04. The van der Waals surface area contributed by atoms with Crippen LogP contribution in [0.5, 0.6) is 0 Å². The molecule has 9 heteroatoms. The number of carbonyl (C=O) groups excluding carboxylic acids is 2. The molecule has 27 heavy (non-hydrogen) atoms. The third-order valence-electron chi connectivity index (χ3n) is 3.92. The second-order valence-electron chi connectivity index (χ2n) is 6.67. The second-order valence-corrected chi connectivity index (χ2v) is 7.79. The minimum Gasteiger partial charge on any atom is -0.464 e. The van der Waals surface area contributed by atoms with Gasteiger partial charge < -0.3 is 10.1 Å². The average molecular weight is 394 g/mol.